The van der Waals surface area contributed by atoms with Crippen molar-refractivity contribution in [1.29, 1.82) is 5.53 Å². The van der Waals surface area contributed by atoms with Crippen molar-refractivity contribution in [3.63, 3.8) is 0 Å². The van der Waals surface area contributed by atoms with Gasteiger partial charge in [-0.3, -0.25) is 4.98 Å². The van der Waals surface area contributed by atoms with Gasteiger partial charge in [0.05, 0.1) is 16.2 Å². The van der Waals surface area contributed by atoms with Crippen LogP contribution in [0.25, 0.3) is 27.7 Å². The number of anilines is 1. The predicted octanol–water partition coefficient (Wildman–Crippen LogP) is 5.61. The number of nitrogens with one attached hydrogen (secondary N) is 2. The highest BCUT2D eigenvalue weighted by molar-refractivity contribution is 6.34. The standard InChI is InChI=1S/C25H23ClFN7O/c1-25(2,35)24-32-11-17(12-33-24)14-4-6-21-18(8-14)23(19(26)13-30-21)31-10-16-7-15(3-5-20(16)27)22(9-28)34-29/h3-9,11-13,29,35H,10,28H2,1-2H3,(H,30,31)/b22-9-,34-29?. The average molecular weight is 492 g/mol. The fourth-order valence-electron chi connectivity index (χ4n) is 3.57. The van der Waals surface area contributed by atoms with Crippen LogP contribution in [0.1, 0.15) is 30.8 Å². The lowest BCUT2D eigenvalue weighted by atomic mass is 10.0. The van der Waals surface area contributed by atoms with E-state index in [1.807, 2.05) is 18.2 Å². The van der Waals surface area contributed by atoms with Crippen LogP contribution in [0, 0.1) is 11.3 Å². The molecular formula is C25H23ClFN7O. The molecule has 0 fully saturated rings. The summed E-state index contributed by atoms with van der Waals surface area (Å²) in [6.07, 6.45) is 6.03. The third-order valence-corrected chi connectivity index (χ3v) is 5.72. The van der Waals surface area contributed by atoms with Crippen molar-refractivity contribution in [2.24, 2.45) is 10.8 Å². The van der Waals surface area contributed by atoms with Crippen LogP contribution in [-0.2, 0) is 12.1 Å². The number of halogens is 2. The highest BCUT2D eigenvalue weighted by atomic mass is 35.5. The van der Waals surface area contributed by atoms with Crippen LogP contribution in [0.2, 0.25) is 5.02 Å². The van der Waals surface area contributed by atoms with Crippen molar-refractivity contribution in [1.82, 2.24) is 15.0 Å². The monoisotopic (exact) mass is 491 g/mol. The number of aliphatic hydroxyl groups is 1. The minimum absolute atomic E-state index is 0.127. The Morgan fingerprint density at radius 3 is 2.54 bits per heavy atom. The summed E-state index contributed by atoms with van der Waals surface area (Å²) < 4.78 is 14.5. The molecule has 0 spiro atoms. The molecule has 10 heteroatoms. The van der Waals surface area contributed by atoms with Crippen LogP contribution in [0.3, 0.4) is 0 Å². The van der Waals surface area contributed by atoms with Gasteiger partial charge in [-0.1, -0.05) is 17.7 Å². The van der Waals surface area contributed by atoms with Gasteiger partial charge >= 0.3 is 0 Å². The second-order valence-electron chi connectivity index (χ2n) is 8.39. The average Bonchev–Trinajstić information content (AvgIpc) is 2.85. The highest BCUT2D eigenvalue weighted by Crippen LogP contribution is 2.33. The van der Waals surface area contributed by atoms with Crippen molar-refractivity contribution in [2.75, 3.05) is 5.32 Å². The van der Waals surface area contributed by atoms with Crippen LogP contribution < -0.4 is 11.1 Å². The molecule has 0 aliphatic carbocycles. The quantitative estimate of drug-likeness (QED) is 0.248. The molecule has 8 nitrogen and oxygen atoms in total. The van der Waals surface area contributed by atoms with Crippen molar-refractivity contribution >= 4 is 33.9 Å². The molecule has 178 valence electrons. The number of hydrogen-bond acceptors (Lipinski definition) is 8. The molecule has 4 rings (SSSR count). The number of nitrogens with two attached hydrogens (primary N) is 1. The lowest BCUT2D eigenvalue weighted by Crippen LogP contribution is -2.19. The summed E-state index contributed by atoms with van der Waals surface area (Å²) in [6, 6.07) is 10.1. The Balaban J connectivity index is 1.69. The van der Waals surface area contributed by atoms with Crippen molar-refractivity contribution in [3.8, 4) is 11.1 Å². The van der Waals surface area contributed by atoms with Crippen LogP contribution in [-0.4, -0.2) is 20.1 Å². The van der Waals surface area contributed by atoms with Gasteiger partial charge in [0.15, 0.2) is 5.82 Å². The van der Waals surface area contributed by atoms with Crippen LogP contribution in [0.4, 0.5) is 10.1 Å². The summed E-state index contributed by atoms with van der Waals surface area (Å²) in [5.74, 6) is -0.0916. The summed E-state index contributed by atoms with van der Waals surface area (Å²) in [6.45, 7) is 3.37. The SMILES string of the molecule is CC(C)(O)c1ncc(-c2ccc3ncc(Cl)c(NCc4cc(/C(=C/N)N=N)ccc4F)c3c2)cn1. The van der Waals surface area contributed by atoms with Crippen molar-refractivity contribution < 1.29 is 9.50 Å². The molecule has 35 heavy (non-hydrogen) atoms. The minimum atomic E-state index is -1.14. The predicted molar refractivity (Wildman–Crippen MR) is 134 cm³/mol. The maximum atomic E-state index is 14.5. The van der Waals surface area contributed by atoms with Crippen LogP contribution in [0.15, 0.2) is 66.3 Å². The number of benzene rings is 2. The summed E-state index contributed by atoms with van der Waals surface area (Å²) >= 11 is 6.47. The first-order chi connectivity index (χ1) is 16.7. The van der Waals surface area contributed by atoms with Gasteiger partial charge < -0.3 is 16.2 Å². The van der Waals surface area contributed by atoms with E-state index in [4.69, 9.17) is 22.9 Å². The van der Waals surface area contributed by atoms with E-state index in [2.05, 4.69) is 25.4 Å². The molecule has 2 aromatic heterocycles. The Morgan fingerprint density at radius 2 is 1.89 bits per heavy atom. The van der Waals surface area contributed by atoms with Gasteiger partial charge in [0.1, 0.15) is 17.1 Å². The fraction of sp³-hybridized carbons (Fsp3) is 0.160. The summed E-state index contributed by atoms with van der Waals surface area (Å²) in [5.41, 5.74) is 15.6. The van der Waals surface area contributed by atoms with Gasteiger partial charge in [0.2, 0.25) is 0 Å². The Labute approximate surface area is 206 Å². The van der Waals surface area contributed by atoms with E-state index in [1.54, 1.807) is 32.3 Å². The lowest BCUT2D eigenvalue weighted by Gasteiger charge is -2.15. The van der Waals surface area contributed by atoms with Gasteiger partial charge in [0, 0.05) is 53.4 Å². The number of hydrogen-bond donors (Lipinski definition) is 4. The smallest absolute Gasteiger partial charge is 0.159 e. The molecule has 0 aliphatic rings. The number of aromatic nitrogens is 3. The zero-order chi connectivity index (χ0) is 25.2. The maximum absolute atomic E-state index is 14.5. The number of fused-ring (bicyclic) bond motifs is 1. The van der Waals surface area contributed by atoms with Crippen molar-refractivity contribution in [3.05, 3.63) is 89.0 Å². The van der Waals surface area contributed by atoms with Gasteiger partial charge in [-0.05, 0) is 49.7 Å². The number of pyridine rings is 1. The van der Waals surface area contributed by atoms with Gasteiger partial charge in [-0.2, -0.15) is 5.11 Å². The van der Waals surface area contributed by atoms with Crippen LogP contribution in [0.5, 0.6) is 0 Å². The molecule has 0 radical (unpaired) electrons. The molecule has 0 unspecified atom stereocenters. The molecule has 2 heterocycles. The molecule has 2 aromatic carbocycles. The first-order valence-corrected chi connectivity index (χ1v) is 11.0. The van der Waals surface area contributed by atoms with E-state index in [0.29, 0.717) is 33.2 Å². The lowest BCUT2D eigenvalue weighted by molar-refractivity contribution is 0.0687. The maximum Gasteiger partial charge on any atom is 0.159 e. The molecule has 0 saturated carbocycles. The topological polar surface area (TPSA) is 133 Å². The normalized spacial score (nSPS) is 12.1. The van der Waals surface area contributed by atoms with Gasteiger partial charge in [-0.25, -0.2) is 19.9 Å². The summed E-state index contributed by atoms with van der Waals surface area (Å²) in [5, 5.41) is 17.8. The second-order valence-corrected chi connectivity index (χ2v) is 8.80. The van der Waals surface area contributed by atoms with E-state index < -0.39 is 11.4 Å². The molecule has 5 N–H and O–H groups in total. The Kier molecular flexibility index (Phi) is 6.72. The highest BCUT2D eigenvalue weighted by Gasteiger charge is 2.19. The van der Waals surface area contributed by atoms with Crippen LogP contribution >= 0.6 is 11.6 Å². The van der Waals surface area contributed by atoms with E-state index in [1.165, 1.54) is 24.5 Å². The largest absolute Gasteiger partial charge is 0.403 e. The first kappa shape index (κ1) is 24.2. The van der Waals surface area contributed by atoms with Gasteiger partial charge in [-0.15, -0.1) is 0 Å². The molecule has 4 aromatic rings. The number of nitrogens with zero attached hydrogens (tertiary/aromatic N) is 4. The number of rotatable bonds is 7. The third-order valence-electron chi connectivity index (χ3n) is 5.43. The summed E-state index contributed by atoms with van der Waals surface area (Å²) in [7, 11) is 0. The Morgan fingerprint density at radius 1 is 1.14 bits per heavy atom. The zero-order valence-electron chi connectivity index (χ0n) is 19.0. The zero-order valence-corrected chi connectivity index (χ0v) is 19.8. The molecule has 0 aliphatic heterocycles. The Bertz CT molecular complexity index is 1430. The van der Waals surface area contributed by atoms with E-state index in [9.17, 15) is 9.50 Å². The van der Waals surface area contributed by atoms with Gasteiger partial charge in [0.25, 0.3) is 0 Å². The minimum Gasteiger partial charge on any atom is -0.403 e. The first-order valence-electron chi connectivity index (χ1n) is 10.7. The molecule has 0 atom stereocenters. The third kappa shape index (κ3) is 5.11. The summed E-state index contributed by atoms with van der Waals surface area (Å²) in [4.78, 5) is 12.9. The molecule has 0 saturated heterocycles. The van der Waals surface area contributed by atoms with Crippen molar-refractivity contribution in [2.45, 2.75) is 26.0 Å². The molecule has 0 bridgehead atoms. The molecular weight excluding hydrogens is 469 g/mol. The van der Waals surface area contributed by atoms with E-state index >= 15 is 0 Å². The van der Waals surface area contributed by atoms with E-state index in [-0.39, 0.29) is 12.2 Å². The fourth-order valence-corrected chi connectivity index (χ4v) is 3.79. The molecule has 0 amide bonds. The van der Waals surface area contributed by atoms with E-state index in [0.717, 1.165) is 16.5 Å². The second kappa shape index (κ2) is 9.73. The Hall–Kier alpha value is -3.95.